The SMILES string of the molecule is Cc1cc(CN2CCN(C(=S)NC3CCCCC3)CC2)no1. The zero-order valence-electron chi connectivity index (χ0n) is 13.4. The summed E-state index contributed by atoms with van der Waals surface area (Å²) >= 11 is 5.60. The lowest BCUT2D eigenvalue weighted by Crippen LogP contribution is -2.53. The fourth-order valence-corrected chi connectivity index (χ4v) is 3.69. The number of nitrogens with zero attached hydrogens (tertiary/aromatic N) is 3. The summed E-state index contributed by atoms with van der Waals surface area (Å²) in [6.45, 7) is 6.85. The molecule has 0 spiro atoms. The monoisotopic (exact) mass is 322 g/mol. The zero-order valence-corrected chi connectivity index (χ0v) is 14.2. The third-order valence-electron chi connectivity index (χ3n) is 4.65. The fraction of sp³-hybridized carbons (Fsp3) is 0.750. The van der Waals surface area contributed by atoms with E-state index in [4.69, 9.17) is 16.7 Å². The van der Waals surface area contributed by atoms with E-state index in [1.807, 2.05) is 13.0 Å². The van der Waals surface area contributed by atoms with Gasteiger partial charge >= 0.3 is 0 Å². The van der Waals surface area contributed by atoms with Crippen LogP contribution >= 0.6 is 12.2 Å². The van der Waals surface area contributed by atoms with Gasteiger partial charge in [0.15, 0.2) is 5.11 Å². The van der Waals surface area contributed by atoms with E-state index in [-0.39, 0.29) is 0 Å². The molecule has 1 saturated carbocycles. The van der Waals surface area contributed by atoms with Crippen LogP contribution in [0, 0.1) is 6.92 Å². The molecular weight excluding hydrogens is 296 g/mol. The van der Waals surface area contributed by atoms with Crippen molar-refractivity contribution in [3.63, 3.8) is 0 Å². The molecule has 1 aromatic heterocycles. The first-order chi connectivity index (χ1) is 10.7. The molecule has 0 amide bonds. The van der Waals surface area contributed by atoms with Gasteiger partial charge in [0.25, 0.3) is 0 Å². The molecule has 0 aromatic carbocycles. The molecule has 1 aliphatic carbocycles. The maximum atomic E-state index is 5.60. The van der Waals surface area contributed by atoms with Crippen molar-refractivity contribution >= 4 is 17.3 Å². The second kappa shape index (κ2) is 7.42. The van der Waals surface area contributed by atoms with Crippen LogP contribution in [0.5, 0.6) is 0 Å². The second-order valence-corrected chi connectivity index (χ2v) is 6.86. The number of nitrogens with one attached hydrogen (secondary N) is 1. The van der Waals surface area contributed by atoms with Crippen LogP contribution in [-0.2, 0) is 6.54 Å². The lowest BCUT2D eigenvalue weighted by molar-refractivity contribution is 0.169. The lowest BCUT2D eigenvalue weighted by atomic mass is 9.96. The molecule has 1 aromatic rings. The number of piperazine rings is 1. The molecular formula is C16H26N4OS. The number of hydrogen-bond donors (Lipinski definition) is 1. The molecule has 2 fully saturated rings. The Balaban J connectivity index is 1.41. The van der Waals surface area contributed by atoms with E-state index in [0.29, 0.717) is 6.04 Å². The highest BCUT2D eigenvalue weighted by Crippen LogP contribution is 2.18. The average Bonchev–Trinajstić information content (AvgIpc) is 2.94. The first kappa shape index (κ1) is 15.7. The highest BCUT2D eigenvalue weighted by atomic mass is 32.1. The predicted molar refractivity (Wildman–Crippen MR) is 90.7 cm³/mol. The first-order valence-corrected chi connectivity index (χ1v) is 8.81. The van der Waals surface area contributed by atoms with Crippen LogP contribution in [0.25, 0.3) is 0 Å². The molecule has 0 bridgehead atoms. The van der Waals surface area contributed by atoms with Crippen LogP contribution in [0.1, 0.15) is 43.6 Å². The van der Waals surface area contributed by atoms with E-state index in [9.17, 15) is 0 Å². The summed E-state index contributed by atoms with van der Waals surface area (Å²) in [5.41, 5.74) is 1.02. The van der Waals surface area contributed by atoms with Crippen LogP contribution in [0.3, 0.4) is 0 Å². The van der Waals surface area contributed by atoms with Crippen molar-refractivity contribution < 1.29 is 4.52 Å². The van der Waals surface area contributed by atoms with Crippen molar-refractivity contribution in [3.05, 3.63) is 17.5 Å². The molecule has 1 saturated heterocycles. The minimum absolute atomic E-state index is 0.595. The average molecular weight is 322 g/mol. The molecule has 6 heteroatoms. The van der Waals surface area contributed by atoms with Gasteiger partial charge in [-0.2, -0.15) is 0 Å². The molecule has 2 heterocycles. The largest absolute Gasteiger partial charge is 0.361 e. The third-order valence-corrected chi connectivity index (χ3v) is 5.03. The van der Waals surface area contributed by atoms with Gasteiger partial charge in [-0.15, -0.1) is 0 Å². The molecule has 0 atom stereocenters. The summed E-state index contributed by atoms with van der Waals surface area (Å²) in [6.07, 6.45) is 6.60. The van der Waals surface area contributed by atoms with Crippen molar-refractivity contribution in [3.8, 4) is 0 Å². The van der Waals surface area contributed by atoms with Gasteiger partial charge in [-0.3, -0.25) is 4.90 Å². The maximum Gasteiger partial charge on any atom is 0.169 e. The topological polar surface area (TPSA) is 44.5 Å². The summed E-state index contributed by atoms with van der Waals surface area (Å²) in [4.78, 5) is 4.73. The van der Waals surface area contributed by atoms with Gasteiger partial charge in [0.2, 0.25) is 0 Å². The third kappa shape index (κ3) is 4.20. The zero-order chi connectivity index (χ0) is 15.4. The van der Waals surface area contributed by atoms with Crippen molar-refractivity contribution in [1.29, 1.82) is 0 Å². The van der Waals surface area contributed by atoms with Crippen molar-refractivity contribution in [2.45, 2.75) is 51.6 Å². The fourth-order valence-electron chi connectivity index (χ4n) is 3.34. The second-order valence-electron chi connectivity index (χ2n) is 6.48. The summed E-state index contributed by atoms with van der Waals surface area (Å²) in [7, 11) is 0. The standard InChI is InChI=1S/C16H26N4OS/c1-13-11-15(18-21-13)12-19-7-9-20(10-8-19)16(22)17-14-5-3-2-4-6-14/h11,14H,2-10,12H2,1H3,(H,17,22). The van der Waals surface area contributed by atoms with E-state index in [0.717, 1.165) is 49.3 Å². The Morgan fingerprint density at radius 1 is 1.27 bits per heavy atom. The van der Waals surface area contributed by atoms with Gasteiger partial charge in [-0.05, 0) is 32.0 Å². The quantitative estimate of drug-likeness (QED) is 0.862. The normalized spacial score (nSPS) is 21.0. The molecule has 1 aliphatic heterocycles. The van der Waals surface area contributed by atoms with Crippen LogP contribution in [-0.4, -0.2) is 52.3 Å². The molecule has 3 rings (SSSR count). The van der Waals surface area contributed by atoms with Gasteiger partial charge in [-0.1, -0.05) is 24.4 Å². The van der Waals surface area contributed by atoms with Gasteiger partial charge in [-0.25, -0.2) is 0 Å². The van der Waals surface area contributed by atoms with E-state index in [1.165, 1.54) is 32.1 Å². The first-order valence-electron chi connectivity index (χ1n) is 8.41. The Bertz CT molecular complexity index is 490. The van der Waals surface area contributed by atoms with Gasteiger partial charge in [0, 0.05) is 44.8 Å². The lowest BCUT2D eigenvalue weighted by Gasteiger charge is -2.37. The van der Waals surface area contributed by atoms with Crippen LogP contribution in [0.2, 0.25) is 0 Å². The smallest absolute Gasteiger partial charge is 0.169 e. The summed E-state index contributed by atoms with van der Waals surface area (Å²) in [6, 6.07) is 2.61. The Morgan fingerprint density at radius 3 is 2.64 bits per heavy atom. The summed E-state index contributed by atoms with van der Waals surface area (Å²) < 4.78 is 5.13. The number of hydrogen-bond acceptors (Lipinski definition) is 4. The molecule has 1 N–H and O–H groups in total. The number of aryl methyl sites for hydroxylation is 1. The van der Waals surface area contributed by atoms with Crippen LogP contribution in [0.4, 0.5) is 0 Å². The van der Waals surface area contributed by atoms with Crippen LogP contribution in [0.15, 0.2) is 10.6 Å². The summed E-state index contributed by atoms with van der Waals surface area (Å²) in [5.74, 6) is 0.881. The maximum absolute atomic E-state index is 5.60. The Labute approximate surface area is 138 Å². The molecule has 0 unspecified atom stereocenters. The minimum atomic E-state index is 0.595. The van der Waals surface area contributed by atoms with E-state index >= 15 is 0 Å². The van der Waals surface area contributed by atoms with E-state index < -0.39 is 0 Å². The van der Waals surface area contributed by atoms with Crippen LogP contribution < -0.4 is 5.32 Å². The highest BCUT2D eigenvalue weighted by molar-refractivity contribution is 7.80. The molecule has 2 aliphatic rings. The van der Waals surface area contributed by atoms with Crippen molar-refractivity contribution in [2.75, 3.05) is 26.2 Å². The van der Waals surface area contributed by atoms with Crippen molar-refractivity contribution in [1.82, 2.24) is 20.3 Å². The molecule has 0 radical (unpaired) electrons. The predicted octanol–water partition coefficient (Wildman–Crippen LogP) is 2.31. The van der Waals surface area contributed by atoms with Gasteiger partial charge in [0.05, 0.1) is 5.69 Å². The molecule has 22 heavy (non-hydrogen) atoms. The number of thiocarbonyl (C=S) groups is 1. The van der Waals surface area contributed by atoms with Crippen molar-refractivity contribution in [2.24, 2.45) is 0 Å². The van der Waals surface area contributed by atoms with E-state index in [1.54, 1.807) is 0 Å². The van der Waals surface area contributed by atoms with Gasteiger partial charge < -0.3 is 14.7 Å². The Morgan fingerprint density at radius 2 is 2.00 bits per heavy atom. The number of aromatic nitrogens is 1. The Kier molecular flexibility index (Phi) is 5.31. The van der Waals surface area contributed by atoms with Gasteiger partial charge in [0.1, 0.15) is 5.76 Å². The molecule has 122 valence electrons. The summed E-state index contributed by atoms with van der Waals surface area (Å²) in [5, 5.41) is 8.59. The highest BCUT2D eigenvalue weighted by Gasteiger charge is 2.22. The Hall–Kier alpha value is -1.14. The molecule has 5 nitrogen and oxygen atoms in total. The number of rotatable bonds is 3. The van der Waals surface area contributed by atoms with E-state index in [2.05, 4.69) is 20.3 Å². The minimum Gasteiger partial charge on any atom is -0.361 e.